The summed E-state index contributed by atoms with van der Waals surface area (Å²) in [4.78, 5) is 0. The Morgan fingerprint density at radius 2 is 1.67 bits per heavy atom. The van der Waals surface area contributed by atoms with Gasteiger partial charge in [-0.15, -0.1) is 23.2 Å². The number of alkyl halides is 5. The van der Waals surface area contributed by atoms with E-state index in [4.69, 9.17) is 23.2 Å². The number of hydrogen-bond acceptors (Lipinski definition) is 0. The molecule has 5 heteroatoms. The van der Waals surface area contributed by atoms with Gasteiger partial charge in [0, 0.05) is 0 Å². The first kappa shape index (κ1) is 7.48. The number of halogens is 5. The highest BCUT2D eigenvalue weighted by atomic mass is 35.5. The second kappa shape index (κ2) is 1.92. The molecule has 3 unspecified atom stereocenters. The maximum absolute atomic E-state index is 12.0. The van der Waals surface area contributed by atoms with Crippen molar-refractivity contribution in [2.45, 2.75) is 22.8 Å². The van der Waals surface area contributed by atoms with Crippen LogP contribution in [0.2, 0.25) is 0 Å². The summed E-state index contributed by atoms with van der Waals surface area (Å²) in [5.41, 5.74) is 0. The molecule has 0 N–H and O–H groups in total. The molecule has 9 heavy (non-hydrogen) atoms. The van der Waals surface area contributed by atoms with Crippen LogP contribution in [0.5, 0.6) is 0 Å². The van der Waals surface area contributed by atoms with E-state index >= 15 is 0 Å². The first-order chi connectivity index (χ1) is 3.98. The molecular weight excluding hydrogens is 176 g/mol. The standard InChI is InChI=1S/C4H3Cl2F3/c5-1-2(6)4(8,9)3(1)7/h1-3H. The topological polar surface area (TPSA) is 0 Å². The van der Waals surface area contributed by atoms with Crippen LogP contribution in [0.1, 0.15) is 0 Å². The van der Waals surface area contributed by atoms with Crippen LogP contribution in [0.15, 0.2) is 0 Å². The van der Waals surface area contributed by atoms with E-state index in [2.05, 4.69) is 0 Å². The molecule has 1 fully saturated rings. The molecule has 54 valence electrons. The molecule has 1 saturated carbocycles. The summed E-state index contributed by atoms with van der Waals surface area (Å²) in [6, 6.07) is 0. The molecule has 3 atom stereocenters. The zero-order valence-electron chi connectivity index (χ0n) is 4.12. The third-order valence-corrected chi connectivity index (χ3v) is 2.46. The molecule has 1 rings (SSSR count). The Hall–Kier alpha value is 0.370. The van der Waals surface area contributed by atoms with Gasteiger partial charge in [-0.05, 0) is 0 Å². The molecule has 0 radical (unpaired) electrons. The van der Waals surface area contributed by atoms with Crippen molar-refractivity contribution < 1.29 is 13.2 Å². The lowest BCUT2D eigenvalue weighted by atomic mass is 9.91. The maximum atomic E-state index is 12.0. The molecule has 0 amide bonds. The molecule has 0 nitrogen and oxygen atoms in total. The van der Waals surface area contributed by atoms with Crippen LogP contribution >= 0.6 is 23.2 Å². The Bertz CT molecular complexity index is 115. The van der Waals surface area contributed by atoms with Gasteiger partial charge in [0.05, 0.1) is 5.38 Å². The molecule has 0 heterocycles. The van der Waals surface area contributed by atoms with Crippen LogP contribution < -0.4 is 0 Å². The maximum Gasteiger partial charge on any atom is 0.297 e. The minimum atomic E-state index is -3.42. The summed E-state index contributed by atoms with van der Waals surface area (Å²) in [7, 11) is 0. The van der Waals surface area contributed by atoms with Gasteiger partial charge in [-0.25, -0.2) is 13.2 Å². The van der Waals surface area contributed by atoms with Crippen molar-refractivity contribution in [2.24, 2.45) is 0 Å². The minimum Gasteiger partial charge on any atom is -0.239 e. The van der Waals surface area contributed by atoms with Gasteiger partial charge in [0.2, 0.25) is 0 Å². The summed E-state index contributed by atoms with van der Waals surface area (Å²) in [5.74, 6) is -3.42. The molecule has 0 spiro atoms. The quantitative estimate of drug-likeness (QED) is 0.500. The van der Waals surface area contributed by atoms with E-state index in [9.17, 15) is 13.2 Å². The number of rotatable bonds is 0. The number of hydrogen-bond donors (Lipinski definition) is 0. The van der Waals surface area contributed by atoms with Gasteiger partial charge in [0.15, 0.2) is 6.17 Å². The zero-order chi connectivity index (χ0) is 7.23. The lowest BCUT2D eigenvalue weighted by Crippen LogP contribution is -2.61. The fourth-order valence-electron chi connectivity index (χ4n) is 0.606. The molecule has 1 aliphatic carbocycles. The Morgan fingerprint density at radius 3 is 1.78 bits per heavy atom. The summed E-state index contributed by atoms with van der Waals surface area (Å²) in [5, 5.41) is -2.78. The van der Waals surface area contributed by atoms with Crippen LogP contribution in [0.25, 0.3) is 0 Å². The summed E-state index contributed by atoms with van der Waals surface area (Å²) in [6.07, 6.45) is -2.28. The van der Waals surface area contributed by atoms with E-state index < -0.39 is 22.8 Å². The van der Waals surface area contributed by atoms with Gasteiger partial charge in [0.1, 0.15) is 5.38 Å². The van der Waals surface area contributed by atoms with Crippen molar-refractivity contribution >= 4 is 23.2 Å². The van der Waals surface area contributed by atoms with E-state index in [-0.39, 0.29) is 0 Å². The second-order valence-electron chi connectivity index (χ2n) is 1.92. The van der Waals surface area contributed by atoms with Crippen molar-refractivity contribution in [2.75, 3.05) is 0 Å². The molecule has 0 aliphatic heterocycles. The second-order valence-corrected chi connectivity index (χ2v) is 2.90. The van der Waals surface area contributed by atoms with Gasteiger partial charge < -0.3 is 0 Å². The molecule has 0 saturated heterocycles. The van der Waals surface area contributed by atoms with Crippen LogP contribution in [-0.2, 0) is 0 Å². The Morgan fingerprint density at radius 1 is 1.22 bits per heavy atom. The van der Waals surface area contributed by atoms with Gasteiger partial charge in [-0.1, -0.05) is 0 Å². The van der Waals surface area contributed by atoms with Crippen LogP contribution in [-0.4, -0.2) is 22.8 Å². The molecule has 0 bridgehead atoms. The lowest BCUT2D eigenvalue weighted by Gasteiger charge is -2.40. The van der Waals surface area contributed by atoms with E-state index in [1.165, 1.54) is 0 Å². The molecule has 0 aromatic rings. The first-order valence-corrected chi connectivity index (χ1v) is 3.15. The van der Waals surface area contributed by atoms with Crippen LogP contribution in [0, 0.1) is 0 Å². The Labute approximate surface area is 59.9 Å². The third-order valence-electron chi connectivity index (χ3n) is 1.29. The van der Waals surface area contributed by atoms with E-state index in [0.29, 0.717) is 0 Å². The largest absolute Gasteiger partial charge is 0.297 e. The first-order valence-electron chi connectivity index (χ1n) is 2.28. The summed E-state index contributed by atoms with van der Waals surface area (Å²) in [6.45, 7) is 0. The fourth-order valence-corrected chi connectivity index (χ4v) is 1.19. The van der Waals surface area contributed by atoms with Gasteiger partial charge in [-0.3, -0.25) is 0 Å². The van der Waals surface area contributed by atoms with Crippen LogP contribution in [0.4, 0.5) is 13.2 Å². The summed E-state index contributed by atoms with van der Waals surface area (Å²) >= 11 is 10.0. The zero-order valence-corrected chi connectivity index (χ0v) is 5.63. The molecule has 1 aliphatic rings. The fraction of sp³-hybridized carbons (Fsp3) is 1.00. The highest BCUT2D eigenvalue weighted by molar-refractivity contribution is 6.32. The average molecular weight is 179 g/mol. The predicted molar refractivity (Wildman–Crippen MR) is 29.1 cm³/mol. The van der Waals surface area contributed by atoms with E-state index in [1.54, 1.807) is 0 Å². The molecule has 0 aromatic heterocycles. The van der Waals surface area contributed by atoms with Gasteiger partial charge >= 0.3 is 0 Å². The molecular formula is C4H3Cl2F3. The SMILES string of the molecule is FC1C(Cl)C(Cl)C1(F)F. The van der Waals surface area contributed by atoms with Gasteiger partial charge in [0.25, 0.3) is 5.92 Å². The average Bonchev–Trinajstić information content (AvgIpc) is 1.84. The van der Waals surface area contributed by atoms with Crippen LogP contribution in [0.3, 0.4) is 0 Å². The van der Waals surface area contributed by atoms with Crippen molar-refractivity contribution in [1.29, 1.82) is 0 Å². The lowest BCUT2D eigenvalue weighted by molar-refractivity contribution is -0.132. The van der Waals surface area contributed by atoms with E-state index in [1.807, 2.05) is 0 Å². The van der Waals surface area contributed by atoms with Crippen molar-refractivity contribution in [3.63, 3.8) is 0 Å². The Balaban J connectivity index is 2.62. The predicted octanol–water partition coefficient (Wildman–Crippen LogP) is 2.19. The third kappa shape index (κ3) is 0.819. The van der Waals surface area contributed by atoms with E-state index in [0.717, 1.165) is 0 Å². The summed E-state index contributed by atoms with van der Waals surface area (Å²) < 4.78 is 35.9. The van der Waals surface area contributed by atoms with Crippen molar-refractivity contribution in [3.05, 3.63) is 0 Å². The highest BCUT2D eigenvalue weighted by Crippen LogP contribution is 2.47. The smallest absolute Gasteiger partial charge is 0.239 e. The molecule has 0 aromatic carbocycles. The Kier molecular flexibility index (Phi) is 1.60. The highest BCUT2D eigenvalue weighted by Gasteiger charge is 2.64. The normalized spacial score (nSPS) is 48.3. The monoisotopic (exact) mass is 178 g/mol. The van der Waals surface area contributed by atoms with Crippen molar-refractivity contribution in [3.8, 4) is 0 Å². The van der Waals surface area contributed by atoms with Crippen molar-refractivity contribution in [1.82, 2.24) is 0 Å². The van der Waals surface area contributed by atoms with Gasteiger partial charge in [-0.2, -0.15) is 0 Å². The minimum absolute atomic E-state index is 1.23.